The molecule has 4 aliphatic carbocycles. The second kappa shape index (κ2) is 9.98. The Labute approximate surface area is 236 Å². The van der Waals surface area contributed by atoms with Gasteiger partial charge in [0.2, 0.25) is 0 Å². The first-order chi connectivity index (χ1) is 18.4. The van der Waals surface area contributed by atoms with Crippen molar-refractivity contribution in [2.24, 2.45) is 39.4 Å². The summed E-state index contributed by atoms with van der Waals surface area (Å²) in [6.07, 6.45) is 8.03. The van der Waals surface area contributed by atoms with Gasteiger partial charge in [-0.25, -0.2) is 0 Å². The van der Waals surface area contributed by atoms with Crippen molar-refractivity contribution >= 4 is 34.7 Å². The summed E-state index contributed by atoms with van der Waals surface area (Å²) in [6, 6.07) is 6.45. The number of para-hydroxylation sites is 2. The molecule has 0 aromatic heterocycles. The first kappa shape index (κ1) is 28.3. The molecule has 0 amide bonds. The number of esters is 1. The number of anilines is 1. The Morgan fingerprint density at radius 2 is 1.87 bits per heavy atom. The molecule has 1 spiro atoms. The minimum absolute atomic E-state index is 0.00502. The summed E-state index contributed by atoms with van der Waals surface area (Å²) in [5.74, 6) is 0.639. The number of benzene rings is 1. The predicted molar refractivity (Wildman–Crippen MR) is 154 cm³/mol. The third kappa shape index (κ3) is 4.26. The Hall–Kier alpha value is -2.26. The summed E-state index contributed by atoms with van der Waals surface area (Å²) in [7, 11) is 0. The molecule has 0 radical (unpaired) electrons. The summed E-state index contributed by atoms with van der Waals surface area (Å²) < 4.78 is 5.61. The lowest BCUT2D eigenvalue weighted by Crippen LogP contribution is -2.60. The first-order valence-corrected chi connectivity index (χ1v) is 14.9. The van der Waals surface area contributed by atoms with Crippen LogP contribution in [0, 0.1) is 49.5 Å². The van der Waals surface area contributed by atoms with Crippen LogP contribution in [0.15, 0.2) is 24.3 Å². The molecule has 4 aliphatic rings. The summed E-state index contributed by atoms with van der Waals surface area (Å²) in [4.78, 5) is 24.4. The molecule has 0 heterocycles. The number of nitro groups is 1. The van der Waals surface area contributed by atoms with Gasteiger partial charge in [-0.2, -0.15) is 0 Å². The number of hydrogen-bond donors (Lipinski definition) is 3. The van der Waals surface area contributed by atoms with Crippen molar-refractivity contribution in [3.8, 4) is 0 Å². The van der Waals surface area contributed by atoms with Gasteiger partial charge in [0.15, 0.2) is 5.11 Å². The molecule has 1 aromatic carbocycles. The number of aliphatic hydroxyl groups excluding tert-OH is 1. The number of thiocarbonyl (C=S) groups is 1. The topological polar surface area (TPSA) is 114 Å². The molecular formula is C30H43N3O5S. The van der Waals surface area contributed by atoms with Crippen LogP contribution in [0.5, 0.6) is 0 Å². The second-order valence-electron chi connectivity index (χ2n) is 13.4. The molecule has 39 heavy (non-hydrogen) atoms. The molecule has 4 saturated carbocycles. The first-order valence-electron chi connectivity index (χ1n) is 14.5. The molecule has 4 fully saturated rings. The minimum atomic E-state index is -0.466. The van der Waals surface area contributed by atoms with Gasteiger partial charge >= 0.3 is 5.97 Å². The van der Waals surface area contributed by atoms with E-state index in [1.807, 2.05) is 6.92 Å². The van der Waals surface area contributed by atoms with E-state index in [0.29, 0.717) is 23.3 Å². The Kier molecular flexibility index (Phi) is 7.24. The Morgan fingerprint density at radius 1 is 1.15 bits per heavy atom. The zero-order valence-electron chi connectivity index (χ0n) is 23.6. The number of rotatable bonds is 6. The SMILES string of the molecule is CCOC(=O)[C@]1(C)CCC[C@@]2(C)[C@@H]3CC[C@@]4(C)C[C@]3(CC[C@@H]21)[C@H](CO)[C@H]4NC(=S)Nc1ccccc1[N+](=O)[O-]. The maximum absolute atomic E-state index is 13.3. The maximum atomic E-state index is 13.3. The van der Waals surface area contributed by atoms with Crippen molar-refractivity contribution in [3.63, 3.8) is 0 Å². The largest absolute Gasteiger partial charge is 0.466 e. The molecule has 0 aliphatic heterocycles. The Morgan fingerprint density at radius 3 is 2.56 bits per heavy atom. The number of carbonyl (C=O) groups is 1. The number of ether oxygens (including phenoxy) is 1. The van der Waals surface area contributed by atoms with Gasteiger partial charge < -0.3 is 20.5 Å². The molecule has 8 atom stereocenters. The van der Waals surface area contributed by atoms with Crippen LogP contribution in [-0.4, -0.2) is 40.4 Å². The fourth-order valence-corrected chi connectivity index (χ4v) is 10.4. The van der Waals surface area contributed by atoms with Crippen molar-refractivity contribution in [2.75, 3.05) is 18.5 Å². The van der Waals surface area contributed by atoms with E-state index in [1.165, 1.54) is 6.07 Å². The average molecular weight is 558 g/mol. The monoisotopic (exact) mass is 557 g/mol. The second-order valence-corrected chi connectivity index (χ2v) is 13.8. The van der Waals surface area contributed by atoms with Crippen molar-refractivity contribution in [3.05, 3.63) is 34.4 Å². The standard InChI is InChI=1S/C30H43N3O5S/c1-5-38-25(35)29(4)14-8-13-28(3)22(29)12-16-30-18-27(2,15-11-23(28)30)24(19(30)17-34)32-26(39)31-20-9-6-7-10-21(20)33(36)37/h6-7,9-10,19,22-24,34H,5,8,11-18H2,1-4H3,(H2,31,32,39)/t19-,22+,23+,24-,27+,28-,29-,30-/m1/s1. The molecule has 2 bridgehead atoms. The van der Waals surface area contributed by atoms with E-state index in [4.69, 9.17) is 17.0 Å². The van der Waals surface area contributed by atoms with Crippen molar-refractivity contribution < 1.29 is 19.6 Å². The molecular weight excluding hydrogens is 514 g/mol. The molecule has 0 saturated heterocycles. The summed E-state index contributed by atoms with van der Waals surface area (Å²) >= 11 is 5.69. The van der Waals surface area contributed by atoms with Crippen molar-refractivity contribution in [1.82, 2.24) is 5.32 Å². The summed E-state index contributed by atoms with van der Waals surface area (Å²) in [6.45, 7) is 9.21. The van der Waals surface area contributed by atoms with E-state index >= 15 is 0 Å². The molecule has 214 valence electrons. The lowest BCUT2D eigenvalue weighted by Gasteiger charge is -2.65. The van der Waals surface area contributed by atoms with Crippen LogP contribution < -0.4 is 10.6 Å². The third-order valence-electron chi connectivity index (χ3n) is 11.6. The molecule has 3 N–H and O–H groups in total. The van der Waals surface area contributed by atoms with E-state index < -0.39 is 10.3 Å². The van der Waals surface area contributed by atoms with Crippen LogP contribution in [0.4, 0.5) is 11.4 Å². The van der Waals surface area contributed by atoms with Crippen LogP contribution in [-0.2, 0) is 9.53 Å². The van der Waals surface area contributed by atoms with Crippen LogP contribution in [0.3, 0.4) is 0 Å². The van der Waals surface area contributed by atoms with Gasteiger partial charge in [-0.15, -0.1) is 0 Å². The number of nitrogens with one attached hydrogen (secondary N) is 2. The average Bonchev–Trinajstić information content (AvgIpc) is 3.04. The number of aliphatic hydroxyl groups is 1. The van der Waals surface area contributed by atoms with Gasteiger partial charge in [0.1, 0.15) is 5.69 Å². The minimum Gasteiger partial charge on any atom is -0.466 e. The molecule has 1 aromatic rings. The summed E-state index contributed by atoms with van der Waals surface area (Å²) in [5.41, 5.74) is -0.219. The van der Waals surface area contributed by atoms with Gasteiger partial charge in [-0.3, -0.25) is 14.9 Å². The van der Waals surface area contributed by atoms with Crippen molar-refractivity contribution in [1.29, 1.82) is 0 Å². The number of nitrogens with zero attached hydrogens (tertiary/aromatic N) is 1. The number of hydrogen-bond acceptors (Lipinski definition) is 6. The number of carbonyl (C=O) groups excluding carboxylic acids is 1. The van der Waals surface area contributed by atoms with Crippen molar-refractivity contribution in [2.45, 2.75) is 85.1 Å². The van der Waals surface area contributed by atoms with E-state index in [-0.39, 0.29) is 52.4 Å². The van der Waals surface area contributed by atoms with E-state index in [0.717, 1.165) is 51.4 Å². The lowest BCUT2D eigenvalue weighted by molar-refractivity contribution is -0.383. The quantitative estimate of drug-likeness (QED) is 0.173. The predicted octanol–water partition coefficient (Wildman–Crippen LogP) is 5.83. The van der Waals surface area contributed by atoms with Crippen LogP contribution in [0.1, 0.15) is 79.1 Å². The molecule has 5 rings (SSSR count). The highest BCUT2D eigenvalue weighted by Gasteiger charge is 2.71. The van der Waals surface area contributed by atoms with Crippen LogP contribution in [0.25, 0.3) is 0 Å². The zero-order valence-corrected chi connectivity index (χ0v) is 24.4. The molecule has 8 nitrogen and oxygen atoms in total. The lowest BCUT2D eigenvalue weighted by atomic mass is 9.39. The number of nitro benzene ring substituents is 1. The summed E-state index contributed by atoms with van der Waals surface area (Å²) in [5, 5.41) is 29.4. The molecule has 0 unspecified atom stereocenters. The normalized spacial score (nSPS) is 40.6. The third-order valence-corrected chi connectivity index (χ3v) is 11.8. The van der Waals surface area contributed by atoms with Gasteiger partial charge in [-0.05, 0) is 105 Å². The molecule has 9 heteroatoms. The maximum Gasteiger partial charge on any atom is 0.312 e. The van der Waals surface area contributed by atoms with E-state index in [2.05, 4.69) is 31.4 Å². The van der Waals surface area contributed by atoms with Gasteiger partial charge in [0.25, 0.3) is 5.69 Å². The fourth-order valence-electron chi connectivity index (χ4n) is 10.2. The highest BCUT2D eigenvalue weighted by Crippen LogP contribution is 2.75. The smallest absolute Gasteiger partial charge is 0.312 e. The number of fused-ring (bicyclic) bond motifs is 3. The van der Waals surface area contributed by atoms with Crippen LogP contribution >= 0.6 is 12.2 Å². The highest BCUT2D eigenvalue weighted by molar-refractivity contribution is 7.80. The van der Waals surface area contributed by atoms with Gasteiger partial charge in [-0.1, -0.05) is 32.4 Å². The van der Waals surface area contributed by atoms with Crippen LogP contribution in [0.2, 0.25) is 0 Å². The zero-order chi connectivity index (χ0) is 28.2. The van der Waals surface area contributed by atoms with Gasteiger partial charge in [0, 0.05) is 24.6 Å². The van der Waals surface area contributed by atoms with E-state index in [9.17, 15) is 20.0 Å². The fraction of sp³-hybridized carbons (Fsp3) is 0.733. The van der Waals surface area contributed by atoms with E-state index in [1.54, 1.807) is 18.2 Å². The Balaban J connectivity index is 1.43. The Bertz CT molecular complexity index is 1160. The van der Waals surface area contributed by atoms with Gasteiger partial charge in [0.05, 0.1) is 16.9 Å². The highest BCUT2D eigenvalue weighted by atomic mass is 32.1.